The summed E-state index contributed by atoms with van der Waals surface area (Å²) in [6.45, 7) is 5.66. The number of halogens is 1. The van der Waals surface area contributed by atoms with Crippen LogP contribution in [0.5, 0.6) is 11.6 Å². The quantitative estimate of drug-likeness (QED) is 0.479. The molecule has 0 atom stereocenters. The van der Waals surface area contributed by atoms with Crippen molar-refractivity contribution in [2.75, 3.05) is 0 Å². The van der Waals surface area contributed by atoms with Gasteiger partial charge in [0.1, 0.15) is 11.0 Å². The molecule has 0 N–H and O–H groups in total. The molecule has 0 saturated heterocycles. The van der Waals surface area contributed by atoms with Gasteiger partial charge in [0.2, 0.25) is 11.6 Å². The average molecular weight is 308 g/mol. The standard InChI is InChI=1S/C14H14ClN3O3/c1-8(2)14-16-12(15)7-13(17-14)21-11-6-9(3)4-5-10(11)18(19)20/h4-8H,1-3H3. The molecule has 2 aromatic rings. The van der Waals surface area contributed by atoms with Crippen LogP contribution in [0, 0.1) is 17.0 Å². The van der Waals surface area contributed by atoms with E-state index < -0.39 is 4.92 Å². The SMILES string of the molecule is Cc1ccc([N+](=O)[O-])c(Oc2cc(Cl)nc(C(C)C)n2)c1. The second-order valence-corrected chi connectivity index (χ2v) is 5.26. The number of nitrogens with zero attached hydrogens (tertiary/aromatic N) is 3. The van der Waals surface area contributed by atoms with Crippen LogP contribution in [0.4, 0.5) is 5.69 Å². The molecule has 7 heteroatoms. The minimum atomic E-state index is -0.499. The zero-order valence-electron chi connectivity index (χ0n) is 11.8. The van der Waals surface area contributed by atoms with Gasteiger partial charge >= 0.3 is 5.69 Å². The van der Waals surface area contributed by atoms with Crippen LogP contribution in [-0.2, 0) is 0 Å². The number of rotatable bonds is 4. The number of benzene rings is 1. The number of nitro benzene ring substituents is 1. The highest BCUT2D eigenvalue weighted by atomic mass is 35.5. The predicted octanol–water partition coefficient (Wildman–Crippen LogP) is 4.26. The molecule has 0 aliphatic heterocycles. The molecule has 0 fully saturated rings. The molecule has 0 aliphatic carbocycles. The van der Waals surface area contributed by atoms with E-state index in [9.17, 15) is 10.1 Å². The van der Waals surface area contributed by atoms with Gasteiger partial charge in [-0.05, 0) is 18.6 Å². The van der Waals surface area contributed by atoms with E-state index in [1.54, 1.807) is 12.1 Å². The summed E-state index contributed by atoms with van der Waals surface area (Å²) in [5.41, 5.74) is 0.723. The predicted molar refractivity (Wildman–Crippen MR) is 79.0 cm³/mol. The zero-order valence-corrected chi connectivity index (χ0v) is 12.6. The maximum Gasteiger partial charge on any atom is 0.311 e. The Hall–Kier alpha value is -2.21. The first-order valence-corrected chi connectivity index (χ1v) is 6.72. The molecule has 0 saturated carbocycles. The fourth-order valence-electron chi connectivity index (χ4n) is 1.69. The van der Waals surface area contributed by atoms with Crippen molar-refractivity contribution in [2.45, 2.75) is 26.7 Å². The monoisotopic (exact) mass is 307 g/mol. The lowest BCUT2D eigenvalue weighted by Gasteiger charge is -2.09. The largest absolute Gasteiger partial charge is 0.432 e. The normalized spacial score (nSPS) is 10.7. The summed E-state index contributed by atoms with van der Waals surface area (Å²) in [4.78, 5) is 18.8. The molecule has 110 valence electrons. The molecule has 0 aliphatic rings. The molecule has 1 aromatic carbocycles. The van der Waals surface area contributed by atoms with Gasteiger partial charge in [-0.25, -0.2) is 4.98 Å². The van der Waals surface area contributed by atoms with E-state index in [0.717, 1.165) is 5.56 Å². The van der Waals surface area contributed by atoms with Crippen LogP contribution in [0.15, 0.2) is 24.3 Å². The lowest BCUT2D eigenvalue weighted by atomic mass is 10.2. The van der Waals surface area contributed by atoms with Gasteiger partial charge in [0.05, 0.1) is 4.92 Å². The first-order chi connectivity index (χ1) is 9.86. The van der Waals surface area contributed by atoms with Crippen molar-refractivity contribution < 1.29 is 9.66 Å². The van der Waals surface area contributed by atoms with E-state index in [2.05, 4.69) is 9.97 Å². The van der Waals surface area contributed by atoms with Gasteiger partial charge in [-0.15, -0.1) is 0 Å². The van der Waals surface area contributed by atoms with E-state index >= 15 is 0 Å². The molecule has 1 aromatic heterocycles. The Balaban J connectivity index is 2.42. The number of aryl methyl sites for hydroxylation is 1. The maximum atomic E-state index is 11.0. The van der Waals surface area contributed by atoms with Gasteiger partial charge in [-0.2, -0.15) is 4.98 Å². The van der Waals surface area contributed by atoms with E-state index in [0.29, 0.717) is 5.82 Å². The van der Waals surface area contributed by atoms with Gasteiger partial charge in [0.15, 0.2) is 0 Å². The number of hydrogen-bond donors (Lipinski definition) is 0. The van der Waals surface area contributed by atoms with Crippen molar-refractivity contribution >= 4 is 17.3 Å². The molecule has 2 rings (SSSR count). The first kappa shape index (κ1) is 15.2. The fraction of sp³-hybridized carbons (Fsp3) is 0.286. The van der Waals surface area contributed by atoms with Crippen LogP contribution in [-0.4, -0.2) is 14.9 Å². The lowest BCUT2D eigenvalue weighted by molar-refractivity contribution is -0.385. The minimum Gasteiger partial charge on any atom is -0.432 e. The fourth-order valence-corrected chi connectivity index (χ4v) is 1.87. The van der Waals surface area contributed by atoms with Crippen molar-refractivity contribution in [2.24, 2.45) is 0 Å². The van der Waals surface area contributed by atoms with E-state index in [-0.39, 0.29) is 28.4 Å². The number of hydrogen-bond acceptors (Lipinski definition) is 5. The summed E-state index contributed by atoms with van der Waals surface area (Å²) >= 11 is 5.93. The van der Waals surface area contributed by atoms with E-state index in [1.807, 2.05) is 20.8 Å². The summed E-state index contributed by atoms with van der Waals surface area (Å²) < 4.78 is 5.55. The molecule has 21 heavy (non-hydrogen) atoms. The van der Waals surface area contributed by atoms with Gasteiger partial charge in [0, 0.05) is 18.1 Å². The lowest BCUT2D eigenvalue weighted by Crippen LogP contribution is -2.01. The first-order valence-electron chi connectivity index (χ1n) is 6.34. The zero-order chi connectivity index (χ0) is 15.6. The average Bonchev–Trinajstić information content (AvgIpc) is 2.37. The molecular formula is C14H14ClN3O3. The highest BCUT2D eigenvalue weighted by Gasteiger charge is 2.17. The van der Waals surface area contributed by atoms with Gasteiger partial charge in [-0.3, -0.25) is 10.1 Å². The Morgan fingerprint density at radius 1 is 1.29 bits per heavy atom. The number of aromatic nitrogens is 2. The molecule has 0 amide bonds. The molecule has 0 radical (unpaired) electrons. The van der Waals surface area contributed by atoms with Crippen LogP contribution in [0.1, 0.15) is 31.2 Å². The van der Waals surface area contributed by atoms with E-state index in [1.165, 1.54) is 12.1 Å². The molecule has 0 bridgehead atoms. The maximum absolute atomic E-state index is 11.0. The summed E-state index contributed by atoms with van der Waals surface area (Å²) in [5.74, 6) is 0.906. The summed E-state index contributed by atoms with van der Waals surface area (Å²) in [5, 5.41) is 11.3. The summed E-state index contributed by atoms with van der Waals surface area (Å²) in [6.07, 6.45) is 0. The Morgan fingerprint density at radius 3 is 2.62 bits per heavy atom. The second-order valence-electron chi connectivity index (χ2n) is 4.87. The highest BCUT2D eigenvalue weighted by molar-refractivity contribution is 6.29. The van der Waals surface area contributed by atoms with Crippen molar-refractivity contribution in [1.82, 2.24) is 9.97 Å². The van der Waals surface area contributed by atoms with Crippen LogP contribution in [0.3, 0.4) is 0 Å². The molecule has 6 nitrogen and oxygen atoms in total. The number of ether oxygens (including phenoxy) is 1. The van der Waals surface area contributed by atoms with E-state index in [4.69, 9.17) is 16.3 Å². The Morgan fingerprint density at radius 2 is 2.00 bits per heavy atom. The topological polar surface area (TPSA) is 78.2 Å². The van der Waals surface area contributed by atoms with Crippen molar-refractivity contribution in [3.63, 3.8) is 0 Å². The third kappa shape index (κ3) is 3.66. The third-order valence-corrected chi connectivity index (χ3v) is 2.93. The van der Waals surface area contributed by atoms with Crippen molar-refractivity contribution in [1.29, 1.82) is 0 Å². The summed E-state index contributed by atoms with van der Waals surface area (Å²) in [7, 11) is 0. The molecule has 0 unspecified atom stereocenters. The Kier molecular flexibility index (Phi) is 4.37. The second kappa shape index (κ2) is 6.05. The minimum absolute atomic E-state index is 0.0681. The van der Waals surface area contributed by atoms with Gasteiger partial charge in [0.25, 0.3) is 0 Å². The highest BCUT2D eigenvalue weighted by Crippen LogP contribution is 2.32. The molecular weight excluding hydrogens is 294 g/mol. The van der Waals surface area contributed by atoms with Gasteiger partial charge in [-0.1, -0.05) is 31.5 Å². The smallest absolute Gasteiger partial charge is 0.311 e. The van der Waals surface area contributed by atoms with Crippen molar-refractivity contribution in [3.05, 3.63) is 50.9 Å². The van der Waals surface area contributed by atoms with Crippen molar-refractivity contribution in [3.8, 4) is 11.6 Å². The van der Waals surface area contributed by atoms with Crippen LogP contribution in [0.2, 0.25) is 5.15 Å². The van der Waals surface area contributed by atoms with Crippen LogP contribution >= 0.6 is 11.6 Å². The summed E-state index contributed by atoms with van der Waals surface area (Å²) in [6, 6.07) is 6.07. The number of nitro groups is 1. The molecule has 1 heterocycles. The third-order valence-electron chi connectivity index (χ3n) is 2.73. The molecule has 0 spiro atoms. The van der Waals surface area contributed by atoms with Gasteiger partial charge < -0.3 is 4.74 Å². The Labute approximate surface area is 126 Å². The van der Waals surface area contributed by atoms with Crippen LogP contribution < -0.4 is 4.74 Å². The van der Waals surface area contributed by atoms with Crippen LogP contribution in [0.25, 0.3) is 0 Å². The Bertz CT molecular complexity index is 689.